The van der Waals surface area contributed by atoms with Gasteiger partial charge in [0.05, 0.1) is 26.0 Å². The molecule has 0 atom stereocenters. The zero-order chi connectivity index (χ0) is 21.5. The lowest BCUT2D eigenvalue weighted by molar-refractivity contribution is 0.0729. The third-order valence-electron chi connectivity index (χ3n) is 3.97. The molecule has 1 aromatic heterocycles. The summed E-state index contributed by atoms with van der Waals surface area (Å²) >= 11 is 0. The molecule has 9 nitrogen and oxygen atoms in total. The number of hydrogen-bond donors (Lipinski definition) is 2. The summed E-state index contributed by atoms with van der Waals surface area (Å²) in [7, 11) is 3.02. The fourth-order valence-electron chi connectivity index (χ4n) is 2.53. The van der Waals surface area contributed by atoms with Gasteiger partial charge in [-0.05, 0) is 55.0 Å². The minimum atomic E-state index is -0.520. The van der Waals surface area contributed by atoms with Gasteiger partial charge in [0.15, 0.2) is 11.5 Å². The predicted molar refractivity (Wildman–Crippen MR) is 112 cm³/mol. The number of carbonyl (C=O) groups is 1. The molecule has 3 rings (SSSR count). The molecule has 30 heavy (non-hydrogen) atoms. The van der Waals surface area contributed by atoms with Crippen molar-refractivity contribution < 1.29 is 19.0 Å². The lowest BCUT2D eigenvalue weighted by atomic mass is 10.2. The summed E-state index contributed by atoms with van der Waals surface area (Å²) in [6.45, 7) is 1.71. The molecule has 0 amide bonds. The topological polar surface area (TPSA) is 115 Å². The standard InChI is InChI=1S/C21H20N4O5/c1-13-10-19(26)24-21(23-13)25-22-12-14-4-9-17(18(11-14)29-3)30-20(27)15-5-7-16(28-2)8-6-15/h4-12H,1-3H3,(H2,23,24,25,26)/b22-12-. The van der Waals surface area contributed by atoms with E-state index in [9.17, 15) is 9.59 Å². The van der Waals surface area contributed by atoms with Crippen molar-refractivity contribution in [1.29, 1.82) is 0 Å². The Morgan fingerprint density at radius 3 is 2.50 bits per heavy atom. The van der Waals surface area contributed by atoms with Crippen molar-refractivity contribution in [3.05, 3.63) is 75.7 Å². The number of carbonyl (C=O) groups excluding carboxylic acids is 1. The van der Waals surface area contributed by atoms with Crippen LogP contribution in [-0.2, 0) is 0 Å². The Morgan fingerprint density at radius 1 is 1.07 bits per heavy atom. The first-order chi connectivity index (χ1) is 14.5. The van der Waals surface area contributed by atoms with Crippen molar-refractivity contribution in [1.82, 2.24) is 9.97 Å². The molecular weight excluding hydrogens is 388 g/mol. The van der Waals surface area contributed by atoms with Crippen LogP contribution >= 0.6 is 0 Å². The molecule has 154 valence electrons. The maximum Gasteiger partial charge on any atom is 0.343 e. The van der Waals surface area contributed by atoms with Crippen LogP contribution in [0, 0.1) is 6.92 Å². The number of benzene rings is 2. The Bertz CT molecular complexity index is 1120. The van der Waals surface area contributed by atoms with Crippen molar-refractivity contribution >= 4 is 18.1 Å². The Balaban J connectivity index is 1.70. The molecule has 2 aromatic carbocycles. The molecule has 0 saturated carbocycles. The molecule has 0 spiro atoms. The maximum atomic E-state index is 12.4. The zero-order valence-corrected chi connectivity index (χ0v) is 16.6. The van der Waals surface area contributed by atoms with Gasteiger partial charge in [0.1, 0.15) is 5.75 Å². The number of hydrazone groups is 1. The molecule has 0 aliphatic heterocycles. The van der Waals surface area contributed by atoms with Gasteiger partial charge in [0.25, 0.3) is 5.56 Å². The van der Waals surface area contributed by atoms with Crippen LogP contribution in [0.5, 0.6) is 17.2 Å². The fraction of sp³-hybridized carbons (Fsp3) is 0.143. The van der Waals surface area contributed by atoms with E-state index in [1.54, 1.807) is 56.5 Å². The molecule has 2 N–H and O–H groups in total. The third kappa shape index (κ3) is 5.22. The van der Waals surface area contributed by atoms with E-state index >= 15 is 0 Å². The smallest absolute Gasteiger partial charge is 0.343 e. The Labute approximate surface area is 172 Å². The van der Waals surface area contributed by atoms with E-state index in [1.807, 2.05) is 0 Å². The molecule has 0 bridgehead atoms. The highest BCUT2D eigenvalue weighted by Crippen LogP contribution is 2.28. The minimum absolute atomic E-state index is 0.230. The summed E-state index contributed by atoms with van der Waals surface area (Å²) in [5, 5.41) is 4.04. The van der Waals surface area contributed by atoms with Gasteiger partial charge in [0, 0.05) is 11.8 Å². The summed E-state index contributed by atoms with van der Waals surface area (Å²) in [6, 6.07) is 12.9. The molecule has 0 aliphatic carbocycles. The normalized spacial score (nSPS) is 10.6. The second-order valence-electron chi connectivity index (χ2n) is 6.13. The van der Waals surface area contributed by atoms with Gasteiger partial charge < -0.3 is 14.2 Å². The molecule has 3 aromatic rings. The second-order valence-corrected chi connectivity index (χ2v) is 6.13. The lowest BCUT2D eigenvalue weighted by Crippen LogP contribution is -2.10. The molecule has 9 heteroatoms. The number of ether oxygens (including phenoxy) is 3. The van der Waals surface area contributed by atoms with E-state index in [0.717, 1.165) is 0 Å². The highest BCUT2D eigenvalue weighted by atomic mass is 16.6. The second kappa shape index (κ2) is 9.37. The van der Waals surface area contributed by atoms with Crippen LogP contribution in [-0.4, -0.2) is 36.4 Å². The number of nitrogens with zero attached hydrogens (tertiary/aromatic N) is 2. The van der Waals surface area contributed by atoms with Gasteiger partial charge in [-0.25, -0.2) is 15.2 Å². The number of rotatable bonds is 7. The van der Waals surface area contributed by atoms with Crippen LogP contribution in [0.4, 0.5) is 5.95 Å². The quantitative estimate of drug-likeness (QED) is 0.267. The number of methoxy groups -OCH3 is 2. The van der Waals surface area contributed by atoms with Crippen LogP contribution in [0.1, 0.15) is 21.6 Å². The van der Waals surface area contributed by atoms with Crippen molar-refractivity contribution in [3.63, 3.8) is 0 Å². The Kier molecular flexibility index (Phi) is 6.43. The molecule has 1 heterocycles. The van der Waals surface area contributed by atoms with E-state index in [2.05, 4.69) is 20.5 Å². The first-order valence-electron chi connectivity index (χ1n) is 8.90. The van der Waals surface area contributed by atoms with Crippen molar-refractivity contribution in [2.45, 2.75) is 6.92 Å². The SMILES string of the molecule is COc1ccc(C(=O)Oc2ccc(/C=N\Nc3nc(C)cc(=O)[nH]3)cc2OC)cc1. The van der Waals surface area contributed by atoms with E-state index < -0.39 is 5.97 Å². The first-order valence-corrected chi connectivity index (χ1v) is 8.90. The summed E-state index contributed by atoms with van der Waals surface area (Å²) in [6.07, 6.45) is 1.51. The van der Waals surface area contributed by atoms with Gasteiger partial charge in [-0.15, -0.1) is 0 Å². The average Bonchev–Trinajstić information content (AvgIpc) is 2.74. The molecule has 0 unspecified atom stereocenters. The van der Waals surface area contributed by atoms with E-state index in [4.69, 9.17) is 14.2 Å². The Hall–Kier alpha value is -4.14. The summed E-state index contributed by atoms with van der Waals surface area (Å²) < 4.78 is 15.8. The van der Waals surface area contributed by atoms with Gasteiger partial charge in [0.2, 0.25) is 5.95 Å². The molecule has 0 saturated heterocycles. The summed E-state index contributed by atoms with van der Waals surface area (Å²) in [4.78, 5) is 30.4. The summed E-state index contributed by atoms with van der Waals surface area (Å²) in [5.74, 6) is 0.990. The highest BCUT2D eigenvalue weighted by Gasteiger charge is 2.13. The lowest BCUT2D eigenvalue weighted by Gasteiger charge is -2.10. The molecule has 0 fully saturated rings. The maximum absolute atomic E-state index is 12.4. The van der Waals surface area contributed by atoms with E-state index in [-0.39, 0.29) is 17.3 Å². The molecule has 0 radical (unpaired) electrons. The number of esters is 1. The first kappa shape index (κ1) is 20.6. The van der Waals surface area contributed by atoms with Crippen LogP contribution < -0.4 is 25.2 Å². The van der Waals surface area contributed by atoms with Crippen LogP contribution in [0.2, 0.25) is 0 Å². The predicted octanol–water partition coefficient (Wildman–Crippen LogP) is 2.76. The van der Waals surface area contributed by atoms with Crippen molar-refractivity contribution in [2.24, 2.45) is 5.10 Å². The van der Waals surface area contributed by atoms with Crippen LogP contribution in [0.15, 0.2) is 58.4 Å². The average molecular weight is 408 g/mol. The largest absolute Gasteiger partial charge is 0.497 e. The number of nitrogens with one attached hydrogen (secondary N) is 2. The summed E-state index contributed by atoms with van der Waals surface area (Å²) in [5.41, 5.74) is 4.01. The van der Waals surface area contributed by atoms with Crippen LogP contribution in [0.25, 0.3) is 0 Å². The van der Waals surface area contributed by atoms with E-state index in [0.29, 0.717) is 28.3 Å². The number of aromatic amines is 1. The Morgan fingerprint density at radius 2 is 1.83 bits per heavy atom. The van der Waals surface area contributed by atoms with Crippen molar-refractivity contribution in [3.8, 4) is 17.2 Å². The minimum Gasteiger partial charge on any atom is -0.497 e. The van der Waals surface area contributed by atoms with Crippen LogP contribution in [0.3, 0.4) is 0 Å². The molecule has 0 aliphatic rings. The van der Waals surface area contributed by atoms with E-state index in [1.165, 1.54) is 19.4 Å². The number of hydrogen-bond acceptors (Lipinski definition) is 8. The zero-order valence-electron chi connectivity index (χ0n) is 16.6. The van der Waals surface area contributed by atoms with Gasteiger partial charge >= 0.3 is 5.97 Å². The highest BCUT2D eigenvalue weighted by molar-refractivity contribution is 5.91. The van der Waals surface area contributed by atoms with Crippen molar-refractivity contribution in [2.75, 3.05) is 19.6 Å². The number of anilines is 1. The fourth-order valence-corrected chi connectivity index (χ4v) is 2.53. The molecular formula is C21H20N4O5. The van der Waals surface area contributed by atoms with Gasteiger partial charge in [-0.1, -0.05) is 0 Å². The number of aryl methyl sites for hydroxylation is 1. The third-order valence-corrected chi connectivity index (χ3v) is 3.97. The van der Waals surface area contributed by atoms with Gasteiger partial charge in [-0.2, -0.15) is 5.10 Å². The van der Waals surface area contributed by atoms with Gasteiger partial charge in [-0.3, -0.25) is 9.78 Å². The number of H-pyrrole nitrogens is 1. The monoisotopic (exact) mass is 408 g/mol. The number of aromatic nitrogens is 2.